The lowest BCUT2D eigenvalue weighted by atomic mass is 10.1. The molecule has 0 aliphatic heterocycles. The number of nitro benzene ring substituents is 1. The molecule has 15 heavy (non-hydrogen) atoms. The molecular formula is C9H10N2O4. The van der Waals surface area contributed by atoms with Gasteiger partial charge in [-0.1, -0.05) is 6.07 Å². The SMILES string of the molecule is CCNC(=O)c1cccc([N+](=O)[O-])c1O. The van der Waals surface area contributed by atoms with Crippen LogP contribution in [0.25, 0.3) is 0 Å². The molecule has 0 heterocycles. The van der Waals surface area contributed by atoms with E-state index in [9.17, 15) is 20.0 Å². The molecule has 0 unspecified atom stereocenters. The molecule has 2 N–H and O–H groups in total. The number of nitrogens with one attached hydrogen (secondary N) is 1. The van der Waals surface area contributed by atoms with Gasteiger partial charge in [-0.3, -0.25) is 14.9 Å². The summed E-state index contributed by atoms with van der Waals surface area (Å²) in [6.45, 7) is 2.10. The Bertz CT molecular complexity index is 403. The molecule has 80 valence electrons. The van der Waals surface area contributed by atoms with E-state index in [0.717, 1.165) is 6.07 Å². The molecule has 6 heteroatoms. The predicted molar refractivity (Wildman–Crippen MR) is 52.8 cm³/mol. The van der Waals surface area contributed by atoms with Crippen LogP contribution in [0.3, 0.4) is 0 Å². The molecule has 1 aromatic carbocycles. The van der Waals surface area contributed by atoms with Crippen LogP contribution in [0, 0.1) is 10.1 Å². The molecule has 0 radical (unpaired) electrons. The molecule has 0 fully saturated rings. The maximum atomic E-state index is 11.3. The molecule has 1 rings (SSSR count). The lowest BCUT2D eigenvalue weighted by Crippen LogP contribution is -2.22. The van der Waals surface area contributed by atoms with E-state index in [-0.39, 0.29) is 5.56 Å². The fourth-order valence-corrected chi connectivity index (χ4v) is 1.12. The monoisotopic (exact) mass is 210 g/mol. The molecule has 6 nitrogen and oxygen atoms in total. The Morgan fingerprint density at radius 2 is 2.27 bits per heavy atom. The molecule has 1 amide bonds. The van der Waals surface area contributed by atoms with Gasteiger partial charge in [0.2, 0.25) is 5.75 Å². The van der Waals surface area contributed by atoms with Crippen molar-refractivity contribution in [2.45, 2.75) is 6.92 Å². The third kappa shape index (κ3) is 2.22. The average Bonchev–Trinajstić information content (AvgIpc) is 2.17. The number of phenols is 1. The van der Waals surface area contributed by atoms with Crippen LogP contribution in [-0.4, -0.2) is 22.5 Å². The summed E-state index contributed by atoms with van der Waals surface area (Å²) in [5.74, 6) is -1.13. The minimum atomic E-state index is -0.738. The van der Waals surface area contributed by atoms with E-state index in [1.54, 1.807) is 6.92 Å². The van der Waals surface area contributed by atoms with Gasteiger partial charge in [-0.25, -0.2) is 0 Å². The van der Waals surface area contributed by atoms with E-state index in [1.165, 1.54) is 12.1 Å². The van der Waals surface area contributed by atoms with Crippen molar-refractivity contribution < 1.29 is 14.8 Å². The van der Waals surface area contributed by atoms with Crippen molar-refractivity contribution in [1.29, 1.82) is 0 Å². The minimum absolute atomic E-state index is 0.0916. The van der Waals surface area contributed by atoms with Gasteiger partial charge in [0.1, 0.15) is 0 Å². The molecule has 0 aliphatic carbocycles. The summed E-state index contributed by atoms with van der Waals surface area (Å²) < 4.78 is 0. The van der Waals surface area contributed by atoms with Gasteiger partial charge in [-0.05, 0) is 13.0 Å². The molecule has 0 saturated carbocycles. The zero-order chi connectivity index (χ0) is 11.4. The van der Waals surface area contributed by atoms with Gasteiger partial charge in [-0.15, -0.1) is 0 Å². The minimum Gasteiger partial charge on any atom is -0.502 e. The summed E-state index contributed by atoms with van der Waals surface area (Å²) in [6, 6.07) is 3.81. The number of nitrogens with zero attached hydrogens (tertiary/aromatic N) is 1. The third-order valence-electron chi connectivity index (χ3n) is 1.79. The second kappa shape index (κ2) is 4.41. The lowest BCUT2D eigenvalue weighted by molar-refractivity contribution is -0.385. The van der Waals surface area contributed by atoms with Crippen molar-refractivity contribution in [3.63, 3.8) is 0 Å². The molecule has 1 aromatic rings. The first-order chi connectivity index (χ1) is 7.07. The highest BCUT2D eigenvalue weighted by Gasteiger charge is 2.20. The van der Waals surface area contributed by atoms with Crippen molar-refractivity contribution in [1.82, 2.24) is 5.32 Å². The number of hydrogen-bond donors (Lipinski definition) is 2. The number of aromatic hydroxyl groups is 1. The summed E-state index contributed by atoms with van der Waals surface area (Å²) >= 11 is 0. The Labute approximate surface area is 85.7 Å². The molecule has 0 saturated heterocycles. The highest BCUT2D eigenvalue weighted by atomic mass is 16.6. The van der Waals surface area contributed by atoms with Crippen molar-refractivity contribution in [2.75, 3.05) is 6.54 Å². The highest BCUT2D eigenvalue weighted by molar-refractivity contribution is 5.97. The number of nitro groups is 1. The third-order valence-corrected chi connectivity index (χ3v) is 1.79. The predicted octanol–water partition coefficient (Wildman–Crippen LogP) is 1.05. The number of phenolic OH excluding ortho intramolecular Hbond substituents is 1. The van der Waals surface area contributed by atoms with Crippen LogP contribution in [0.5, 0.6) is 5.75 Å². The largest absolute Gasteiger partial charge is 0.502 e. The Hall–Kier alpha value is -2.11. The molecule has 0 spiro atoms. The number of amides is 1. The summed E-state index contributed by atoms with van der Waals surface area (Å²) in [5.41, 5.74) is -0.565. The van der Waals surface area contributed by atoms with Crippen LogP contribution < -0.4 is 5.32 Å². The summed E-state index contributed by atoms with van der Waals surface area (Å²) in [7, 11) is 0. The summed E-state index contributed by atoms with van der Waals surface area (Å²) in [5, 5.41) is 22.4. The van der Waals surface area contributed by atoms with E-state index >= 15 is 0 Å². The molecule has 0 aromatic heterocycles. The van der Waals surface area contributed by atoms with E-state index in [4.69, 9.17) is 0 Å². The van der Waals surface area contributed by atoms with Crippen molar-refractivity contribution in [3.05, 3.63) is 33.9 Å². The normalized spacial score (nSPS) is 9.67. The first-order valence-corrected chi connectivity index (χ1v) is 4.32. The van der Waals surface area contributed by atoms with Crippen LogP contribution in [-0.2, 0) is 0 Å². The molecule has 0 aliphatic rings. The number of para-hydroxylation sites is 1. The van der Waals surface area contributed by atoms with E-state index < -0.39 is 22.3 Å². The van der Waals surface area contributed by atoms with Gasteiger partial charge in [0, 0.05) is 12.6 Å². The smallest absolute Gasteiger partial charge is 0.311 e. The van der Waals surface area contributed by atoms with Crippen molar-refractivity contribution in [2.24, 2.45) is 0 Å². The Balaban J connectivity index is 3.15. The van der Waals surface area contributed by atoms with E-state index in [2.05, 4.69) is 5.32 Å². The van der Waals surface area contributed by atoms with Gasteiger partial charge in [0.25, 0.3) is 5.91 Å². The second-order valence-electron chi connectivity index (χ2n) is 2.79. The number of benzene rings is 1. The van der Waals surface area contributed by atoms with Crippen LogP contribution in [0.15, 0.2) is 18.2 Å². The standard InChI is InChI=1S/C9H10N2O4/c1-2-10-9(13)6-4-3-5-7(8(6)12)11(14)15/h3-5,12H,2H2,1H3,(H,10,13). The van der Waals surface area contributed by atoms with Crippen molar-refractivity contribution in [3.8, 4) is 5.75 Å². The maximum Gasteiger partial charge on any atom is 0.311 e. The quantitative estimate of drug-likeness (QED) is 0.576. The topological polar surface area (TPSA) is 92.5 Å². The van der Waals surface area contributed by atoms with Gasteiger partial charge >= 0.3 is 5.69 Å². The Kier molecular flexibility index (Phi) is 3.22. The molecule has 0 atom stereocenters. The second-order valence-corrected chi connectivity index (χ2v) is 2.79. The Morgan fingerprint density at radius 1 is 1.60 bits per heavy atom. The van der Waals surface area contributed by atoms with Crippen LogP contribution in [0.2, 0.25) is 0 Å². The first kappa shape index (κ1) is 11.0. The van der Waals surface area contributed by atoms with E-state index in [1.807, 2.05) is 0 Å². The average molecular weight is 210 g/mol. The number of carbonyl (C=O) groups is 1. The number of hydrogen-bond acceptors (Lipinski definition) is 4. The highest BCUT2D eigenvalue weighted by Crippen LogP contribution is 2.28. The van der Waals surface area contributed by atoms with Gasteiger partial charge < -0.3 is 10.4 Å². The van der Waals surface area contributed by atoms with Crippen LogP contribution in [0.1, 0.15) is 17.3 Å². The Morgan fingerprint density at radius 3 is 2.80 bits per heavy atom. The number of rotatable bonds is 3. The molecule has 0 bridgehead atoms. The van der Waals surface area contributed by atoms with Crippen molar-refractivity contribution >= 4 is 11.6 Å². The number of carbonyl (C=O) groups excluding carboxylic acids is 1. The zero-order valence-electron chi connectivity index (χ0n) is 8.06. The fourth-order valence-electron chi connectivity index (χ4n) is 1.12. The van der Waals surface area contributed by atoms with E-state index in [0.29, 0.717) is 6.54 Å². The first-order valence-electron chi connectivity index (χ1n) is 4.32. The summed E-state index contributed by atoms with van der Waals surface area (Å²) in [4.78, 5) is 21.1. The summed E-state index contributed by atoms with van der Waals surface area (Å²) in [6.07, 6.45) is 0. The van der Waals surface area contributed by atoms with Gasteiger partial charge in [0.05, 0.1) is 10.5 Å². The lowest BCUT2D eigenvalue weighted by Gasteiger charge is -2.04. The van der Waals surface area contributed by atoms with Gasteiger partial charge in [-0.2, -0.15) is 0 Å². The van der Waals surface area contributed by atoms with Crippen LogP contribution in [0.4, 0.5) is 5.69 Å². The van der Waals surface area contributed by atoms with Gasteiger partial charge in [0.15, 0.2) is 0 Å². The maximum absolute atomic E-state index is 11.3. The van der Waals surface area contributed by atoms with Crippen LogP contribution >= 0.6 is 0 Å². The fraction of sp³-hybridized carbons (Fsp3) is 0.222. The molecular weight excluding hydrogens is 200 g/mol. The zero-order valence-corrected chi connectivity index (χ0v) is 8.06.